The van der Waals surface area contributed by atoms with Crippen LogP contribution in [0, 0.1) is 0 Å². The number of ether oxygens (including phenoxy) is 3. The highest BCUT2D eigenvalue weighted by molar-refractivity contribution is 6.19. The number of alkyl halides is 1. The van der Waals surface area contributed by atoms with Gasteiger partial charge in [-0.1, -0.05) is 72.3 Å². The second kappa shape index (κ2) is 9.82. The Kier molecular flexibility index (Phi) is 6.78. The largest absolute Gasteiger partial charge is 0.511 e. The summed E-state index contributed by atoms with van der Waals surface area (Å²) in [6.45, 7) is 4.02. The number of hydrogen-bond acceptors (Lipinski definition) is 5. The second-order valence-electron chi connectivity index (χ2n) is 10.1. The average Bonchev–Trinajstić information content (AvgIpc) is 3.39. The summed E-state index contributed by atoms with van der Waals surface area (Å²) in [5.74, 6) is -0.603. The quantitative estimate of drug-likeness (QED) is 0.298. The Balaban J connectivity index is 1.48. The van der Waals surface area contributed by atoms with E-state index in [0.717, 1.165) is 12.8 Å². The van der Waals surface area contributed by atoms with Crippen molar-refractivity contribution in [2.24, 2.45) is 0 Å². The zero-order valence-electron chi connectivity index (χ0n) is 20.1. The van der Waals surface area contributed by atoms with Crippen LogP contribution in [0.2, 0.25) is 0 Å². The molecule has 5 rings (SSSR count). The van der Waals surface area contributed by atoms with Gasteiger partial charge in [-0.25, -0.2) is 9.59 Å². The van der Waals surface area contributed by atoms with E-state index in [9.17, 15) is 9.59 Å². The van der Waals surface area contributed by atoms with Gasteiger partial charge in [-0.15, -0.1) is 0 Å². The molecule has 0 aliphatic carbocycles. The lowest BCUT2D eigenvalue weighted by Gasteiger charge is -2.47. The lowest BCUT2D eigenvalue weighted by molar-refractivity contribution is -0.956. The predicted octanol–water partition coefficient (Wildman–Crippen LogP) is 5.52. The van der Waals surface area contributed by atoms with E-state index in [2.05, 4.69) is 0 Å². The molecule has 7 heteroatoms. The molecule has 2 bridgehead atoms. The number of rotatable bonds is 6. The van der Waals surface area contributed by atoms with Gasteiger partial charge in [0.25, 0.3) is 5.60 Å². The molecule has 3 saturated heterocycles. The lowest BCUT2D eigenvalue weighted by Crippen LogP contribution is -2.60. The minimum Gasteiger partial charge on any atom is -0.458 e. The molecule has 0 amide bonds. The second-order valence-corrected chi connectivity index (χ2v) is 10.7. The molecule has 3 fully saturated rings. The van der Waals surface area contributed by atoms with Crippen LogP contribution in [0.25, 0.3) is 0 Å². The topological polar surface area (TPSA) is 61.8 Å². The maximum atomic E-state index is 14.1. The number of piperidine rings is 1. The van der Waals surface area contributed by atoms with Crippen molar-refractivity contribution in [3.05, 3.63) is 71.8 Å². The first-order valence-corrected chi connectivity index (χ1v) is 13.1. The number of benzene rings is 2. The Morgan fingerprint density at radius 2 is 1.43 bits per heavy atom. The minimum absolute atomic E-state index is 0.206. The van der Waals surface area contributed by atoms with Crippen molar-refractivity contribution >= 4 is 23.7 Å². The van der Waals surface area contributed by atoms with Crippen molar-refractivity contribution in [1.82, 2.24) is 0 Å². The fourth-order valence-corrected chi connectivity index (χ4v) is 6.80. The van der Waals surface area contributed by atoms with Crippen LogP contribution in [-0.2, 0) is 24.6 Å². The Morgan fingerprint density at radius 3 is 1.91 bits per heavy atom. The first-order chi connectivity index (χ1) is 16.9. The highest BCUT2D eigenvalue weighted by Gasteiger charge is 2.57. The fraction of sp³-hybridized carbons (Fsp3) is 0.500. The van der Waals surface area contributed by atoms with Crippen molar-refractivity contribution in [3.8, 4) is 0 Å². The summed E-state index contributed by atoms with van der Waals surface area (Å²) in [5, 5.41) is 0. The van der Waals surface area contributed by atoms with Gasteiger partial charge in [0.05, 0.1) is 25.2 Å². The SMILES string of the molecule is CC(Cl)OC(=O)OC(C(=O)OC1CC2CCC(C1)[N+]21CCCC1)(c1ccccc1)c1ccccc1. The number of carbonyl (C=O) groups is 2. The third kappa shape index (κ3) is 4.43. The van der Waals surface area contributed by atoms with Gasteiger partial charge in [0, 0.05) is 49.7 Å². The highest BCUT2D eigenvalue weighted by Crippen LogP contribution is 2.47. The molecule has 3 heterocycles. The van der Waals surface area contributed by atoms with Gasteiger partial charge in [-0.3, -0.25) is 0 Å². The molecule has 0 saturated carbocycles. The third-order valence-electron chi connectivity index (χ3n) is 8.17. The zero-order valence-corrected chi connectivity index (χ0v) is 20.9. The van der Waals surface area contributed by atoms with Crippen molar-refractivity contribution < 1.29 is 28.3 Å². The van der Waals surface area contributed by atoms with Crippen LogP contribution in [0.1, 0.15) is 56.6 Å². The van der Waals surface area contributed by atoms with Crippen molar-refractivity contribution in [2.75, 3.05) is 13.1 Å². The Morgan fingerprint density at radius 1 is 0.914 bits per heavy atom. The molecule has 1 spiro atoms. The van der Waals surface area contributed by atoms with Crippen LogP contribution in [0.15, 0.2) is 60.7 Å². The summed E-state index contributed by atoms with van der Waals surface area (Å²) < 4.78 is 18.4. The molecular formula is C28H33ClNO5+. The predicted molar refractivity (Wildman–Crippen MR) is 132 cm³/mol. The molecule has 3 aliphatic rings. The summed E-state index contributed by atoms with van der Waals surface area (Å²) in [6.07, 6.45) is 5.44. The highest BCUT2D eigenvalue weighted by atomic mass is 35.5. The smallest absolute Gasteiger partial charge is 0.458 e. The maximum absolute atomic E-state index is 14.1. The third-order valence-corrected chi connectivity index (χ3v) is 8.26. The van der Waals surface area contributed by atoms with Crippen LogP contribution < -0.4 is 0 Å². The first-order valence-electron chi connectivity index (χ1n) is 12.7. The fourth-order valence-electron chi connectivity index (χ4n) is 6.73. The van der Waals surface area contributed by atoms with E-state index in [4.69, 9.17) is 25.8 Å². The van der Waals surface area contributed by atoms with Crippen LogP contribution in [0.3, 0.4) is 0 Å². The number of esters is 1. The van der Waals surface area contributed by atoms with Gasteiger partial charge >= 0.3 is 12.1 Å². The van der Waals surface area contributed by atoms with Gasteiger partial charge in [0.2, 0.25) is 0 Å². The summed E-state index contributed by atoms with van der Waals surface area (Å²) >= 11 is 5.89. The standard InChI is InChI=1S/C28H33ClNO5/c1-20(29)33-27(32)35-28(21-10-4-2-5-11-21,22-12-6-3-7-13-22)26(31)34-25-18-23-14-15-24(19-25)30(23)16-8-9-17-30/h2-7,10-13,20,23-25H,8-9,14-19H2,1H3/q+1. The molecule has 6 nitrogen and oxygen atoms in total. The zero-order chi connectivity index (χ0) is 24.5. The number of carbonyl (C=O) groups excluding carboxylic acids is 2. The van der Waals surface area contributed by atoms with E-state index in [1.54, 1.807) is 48.5 Å². The molecule has 0 N–H and O–H groups in total. The average molecular weight is 499 g/mol. The Hall–Kier alpha value is -2.57. The Labute approximate surface area is 211 Å². The van der Waals surface area contributed by atoms with Crippen LogP contribution >= 0.6 is 11.6 Å². The Bertz CT molecular complexity index is 982. The maximum Gasteiger partial charge on any atom is 0.511 e. The number of quaternary nitrogens is 1. The van der Waals surface area contributed by atoms with Gasteiger partial charge in [-0.05, 0) is 6.92 Å². The van der Waals surface area contributed by atoms with E-state index in [0.29, 0.717) is 23.2 Å². The molecular weight excluding hydrogens is 466 g/mol. The normalized spacial score (nSPS) is 25.7. The van der Waals surface area contributed by atoms with Gasteiger partial charge in [0.1, 0.15) is 6.10 Å². The monoisotopic (exact) mass is 498 g/mol. The minimum atomic E-state index is -1.80. The first kappa shape index (κ1) is 24.1. The summed E-state index contributed by atoms with van der Waals surface area (Å²) in [7, 11) is 0. The van der Waals surface area contributed by atoms with Crippen molar-refractivity contribution in [1.29, 1.82) is 0 Å². The van der Waals surface area contributed by atoms with Gasteiger partial charge in [-0.2, -0.15) is 0 Å². The molecule has 35 heavy (non-hydrogen) atoms. The molecule has 3 atom stereocenters. The van der Waals surface area contributed by atoms with Gasteiger partial charge in [0.15, 0.2) is 5.56 Å². The van der Waals surface area contributed by atoms with Crippen LogP contribution in [-0.4, -0.2) is 53.4 Å². The van der Waals surface area contributed by atoms with Crippen LogP contribution in [0.5, 0.6) is 0 Å². The number of hydrogen-bond donors (Lipinski definition) is 0. The van der Waals surface area contributed by atoms with E-state index >= 15 is 0 Å². The molecule has 2 aromatic rings. The van der Waals surface area contributed by atoms with E-state index < -0.39 is 23.3 Å². The molecule has 186 valence electrons. The summed E-state index contributed by atoms with van der Waals surface area (Å²) in [6, 6.07) is 19.1. The summed E-state index contributed by atoms with van der Waals surface area (Å²) in [5.41, 5.74) is -1.71. The molecule has 0 aromatic heterocycles. The van der Waals surface area contributed by atoms with E-state index in [1.165, 1.54) is 50.2 Å². The molecule has 0 radical (unpaired) electrons. The summed E-state index contributed by atoms with van der Waals surface area (Å²) in [4.78, 5) is 26.9. The molecule has 3 unspecified atom stereocenters. The molecule has 2 aromatic carbocycles. The lowest BCUT2D eigenvalue weighted by atomic mass is 9.85. The van der Waals surface area contributed by atoms with E-state index in [1.807, 2.05) is 12.1 Å². The van der Waals surface area contributed by atoms with Crippen molar-refractivity contribution in [3.63, 3.8) is 0 Å². The van der Waals surface area contributed by atoms with E-state index in [-0.39, 0.29) is 6.10 Å². The number of nitrogens with zero attached hydrogens (tertiary/aromatic N) is 1. The van der Waals surface area contributed by atoms with Gasteiger partial charge < -0.3 is 18.7 Å². The number of halogens is 1. The van der Waals surface area contributed by atoms with Crippen molar-refractivity contribution in [2.45, 2.75) is 74.8 Å². The molecule has 3 aliphatic heterocycles. The van der Waals surface area contributed by atoms with Crippen LogP contribution in [0.4, 0.5) is 4.79 Å².